The molecule has 0 saturated carbocycles. The van der Waals surface area contributed by atoms with Gasteiger partial charge in [0.2, 0.25) is 15.9 Å². The Kier molecular flexibility index (Phi) is 4.34. The van der Waals surface area contributed by atoms with Crippen molar-refractivity contribution in [1.82, 2.24) is 9.97 Å². The van der Waals surface area contributed by atoms with Gasteiger partial charge in [-0.3, -0.25) is 9.10 Å². The molecular weight excluding hydrogens is 332 g/mol. The van der Waals surface area contributed by atoms with Crippen LogP contribution >= 0.6 is 0 Å². The number of aromatic nitrogens is 2. The van der Waals surface area contributed by atoms with Crippen LogP contribution in [-0.4, -0.2) is 43.7 Å². The SMILES string of the molecule is COc1cc(C(=O)Nc2ccc(N3CCCS3(=O)=O)cn2)ccn1. The maximum atomic E-state index is 12.2. The van der Waals surface area contributed by atoms with E-state index in [0.29, 0.717) is 35.9 Å². The standard InChI is InChI=1S/C15H16N4O4S/c1-23-14-9-11(5-6-16-14)15(20)18-13-4-3-12(10-17-13)19-7-2-8-24(19,21)22/h3-6,9-10H,2,7-8H2,1H3,(H,17,18,20). The van der Waals surface area contributed by atoms with Gasteiger partial charge in [-0.15, -0.1) is 0 Å². The number of amides is 1. The second-order valence-corrected chi connectivity index (χ2v) is 7.20. The fraction of sp³-hybridized carbons (Fsp3) is 0.267. The Balaban J connectivity index is 1.73. The Morgan fingerprint density at radius 2 is 2.12 bits per heavy atom. The van der Waals surface area contributed by atoms with Gasteiger partial charge >= 0.3 is 0 Å². The number of ether oxygens (including phenoxy) is 1. The quantitative estimate of drug-likeness (QED) is 0.893. The molecule has 3 heterocycles. The number of pyridine rings is 2. The zero-order chi connectivity index (χ0) is 17.2. The molecule has 0 aromatic carbocycles. The van der Waals surface area contributed by atoms with E-state index in [9.17, 15) is 13.2 Å². The molecular formula is C15H16N4O4S. The summed E-state index contributed by atoms with van der Waals surface area (Å²) in [4.78, 5) is 20.2. The third-order valence-corrected chi connectivity index (χ3v) is 5.45. The van der Waals surface area contributed by atoms with Crippen molar-refractivity contribution in [2.24, 2.45) is 0 Å². The molecule has 1 saturated heterocycles. The summed E-state index contributed by atoms with van der Waals surface area (Å²) in [6.45, 7) is 0.451. The normalized spacial score (nSPS) is 16.0. The summed E-state index contributed by atoms with van der Waals surface area (Å²) >= 11 is 0. The minimum Gasteiger partial charge on any atom is -0.481 e. The Bertz CT molecular complexity index is 852. The first-order chi connectivity index (χ1) is 11.5. The maximum absolute atomic E-state index is 12.2. The lowest BCUT2D eigenvalue weighted by Gasteiger charge is -2.16. The van der Waals surface area contributed by atoms with Crippen LogP contribution in [0.15, 0.2) is 36.7 Å². The highest BCUT2D eigenvalue weighted by molar-refractivity contribution is 7.93. The van der Waals surface area contributed by atoms with Crippen LogP contribution in [0.25, 0.3) is 0 Å². The van der Waals surface area contributed by atoms with Gasteiger partial charge in [0.25, 0.3) is 5.91 Å². The number of sulfonamides is 1. The van der Waals surface area contributed by atoms with Crippen LogP contribution < -0.4 is 14.4 Å². The first-order valence-electron chi connectivity index (χ1n) is 7.27. The van der Waals surface area contributed by atoms with Crippen molar-refractivity contribution >= 4 is 27.4 Å². The summed E-state index contributed by atoms with van der Waals surface area (Å²) in [6, 6.07) is 6.27. The van der Waals surface area contributed by atoms with E-state index in [4.69, 9.17) is 4.74 Å². The van der Waals surface area contributed by atoms with Crippen molar-refractivity contribution in [1.29, 1.82) is 0 Å². The highest BCUT2D eigenvalue weighted by atomic mass is 32.2. The molecule has 126 valence electrons. The van der Waals surface area contributed by atoms with E-state index in [0.717, 1.165) is 0 Å². The van der Waals surface area contributed by atoms with E-state index < -0.39 is 10.0 Å². The first kappa shape index (κ1) is 16.2. The van der Waals surface area contributed by atoms with Gasteiger partial charge in [0.1, 0.15) is 5.82 Å². The molecule has 0 spiro atoms. The van der Waals surface area contributed by atoms with Gasteiger partial charge in [0, 0.05) is 24.4 Å². The Morgan fingerprint density at radius 1 is 1.29 bits per heavy atom. The molecule has 0 atom stereocenters. The van der Waals surface area contributed by atoms with E-state index in [1.807, 2.05) is 0 Å². The van der Waals surface area contributed by atoms with Crippen molar-refractivity contribution in [2.45, 2.75) is 6.42 Å². The highest BCUT2D eigenvalue weighted by Gasteiger charge is 2.28. The van der Waals surface area contributed by atoms with Gasteiger partial charge < -0.3 is 10.1 Å². The van der Waals surface area contributed by atoms with Crippen LogP contribution in [0.2, 0.25) is 0 Å². The molecule has 0 radical (unpaired) electrons. The number of carbonyl (C=O) groups is 1. The predicted octanol–water partition coefficient (Wildman–Crippen LogP) is 1.28. The van der Waals surface area contributed by atoms with Crippen molar-refractivity contribution in [3.63, 3.8) is 0 Å². The number of nitrogens with zero attached hydrogens (tertiary/aromatic N) is 3. The summed E-state index contributed by atoms with van der Waals surface area (Å²) in [5.41, 5.74) is 0.880. The Labute approximate surface area is 139 Å². The van der Waals surface area contributed by atoms with Crippen LogP contribution in [0.3, 0.4) is 0 Å². The molecule has 9 heteroatoms. The number of carbonyl (C=O) groups excluding carboxylic acids is 1. The highest BCUT2D eigenvalue weighted by Crippen LogP contribution is 2.24. The van der Waals surface area contributed by atoms with Crippen LogP contribution in [-0.2, 0) is 10.0 Å². The number of hydrogen-bond donors (Lipinski definition) is 1. The average Bonchev–Trinajstić information content (AvgIpc) is 2.95. The fourth-order valence-corrected chi connectivity index (χ4v) is 3.94. The van der Waals surface area contributed by atoms with Gasteiger partial charge in [-0.1, -0.05) is 0 Å². The molecule has 3 rings (SSSR count). The minimum absolute atomic E-state index is 0.148. The third kappa shape index (κ3) is 3.30. The first-order valence-corrected chi connectivity index (χ1v) is 8.88. The van der Waals surface area contributed by atoms with E-state index in [2.05, 4.69) is 15.3 Å². The van der Waals surface area contributed by atoms with Crippen LogP contribution in [0, 0.1) is 0 Å². The molecule has 8 nitrogen and oxygen atoms in total. The molecule has 2 aromatic heterocycles. The molecule has 1 aliphatic rings. The zero-order valence-corrected chi connectivity index (χ0v) is 13.8. The molecule has 0 aliphatic carbocycles. The number of methoxy groups -OCH3 is 1. The van der Waals surface area contributed by atoms with E-state index in [1.54, 1.807) is 18.2 Å². The van der Waals surface area contributed by atoms with Gasteiger partial charge in [0.05, 0.1) is 24.7 Å². The third-order valence-electron chi connectivity index (χ3n) is 3.58. The Hall–Kier alpha value is -2.68. The van der Waals surface area contributed by atoms with Crippen LogP contribution in [0.5, 0.6) is 5.88 Å². The zero-order valence-electron chi connectivity index (χ0n) is 13.0. The lowest BCUT2D eigenvalue weighted by molar-refractivity contribution is 0.102. The fourth-order valence-electron chi connectivity index (χ4n) is 2.39. The summed E-state index contributed by atoms with van der Waals surface area (Å²) in [5, 5.41) is 2.65. The number of rotatable bonds is 4. The topological polar surface area (TPSA) is 101 Å². The summed E-state index contributed by atoms with van der Waals surface area (Å²) in [6.07, 6.45) is 3.51. The molecule has 1 amide bonds. The van der Waals surface area contributed by atoms with Crippen molar-refractivity contribution in [3.8, 4) is 5.88 Å². The minimum atomic E-state index is -3.24. The van der Waals surface area contributed by atoms with Crippen LogP contribution in [0.1, 0.15) is 16.8 Å². The van der Waals surface area contributed by atoms with Gasteiger partial charge in [-0.05, 0) is 24.6 Å². The summed E-state index contributed by atoms with van der Waals surface area (Å²) in [7, 11) is -1.77. The van der Waals surface area contributed by atoms with E-state index in [1.165, 1.54) is 29.9 Å². The molecule has 1 aliphatic heterocycles. The predicted molar refractivity (Wildman–Crippen MR) is 88.7 cm³/mol. The second-order valence-electron chi connectivity index (χ2n) is 5.18. The average molecular weight is 348 g/mol. The molecule has 1 fully saturated rings. The monoisotopic (exact) mass is 348 g/mol. The maximum Gasteiger partial charge on any atom is 0.257 e. The summed E-state index contributed by atoms with van der Waals surface area (Å²) < 4.78 is 30.1. The summed E-state index contributed by atoms with van der Waals surface area (Å²) in [5.74, 6) is 0.459. The molecule has 1 N–H and O–H groups in total. The van der Waals surface area contributed by atoms with Gasteiger partial charge in [-0.2, -0.15) is 0 Å². The number of hydrogen-bond acceptors (Lipinski definition) is 6. The van der Waals surface area contributed by atoms with Crippen molar-refractivity contribution < 1.29 is 17.9 Å². The lowest BCUT2D eigenvalue weighted by atomic mass is 10.2. The molecule has 2 aromatic rings. The molecule has 0 unspecified atom stereocenters. The number of anilines is 2. The smallest absolute Gasteiger partial charge is 0.257 e. The van der Waals surface area contributed by atoms with E-state index >= 15 is 0 Å². The lowest BCUT2D eigenvalue weighted by Crippen LogP contribution is -2.25. The van der Waals surface area contributed by atoms with Gasteiger partial charge in [-0.25, -0.2) is 18.4 Å². The largest absolute Gasteiger partial charge is 0.481 e. The van der Waals surface area contributed by atoms with Crippen LogP contribution in [0.4, 0.5) is 11.5 Å². The van der Waals surface area contributed by atoms with Crippen molar-refractivity contribution in [2.75, 3.05) is 29.0 Å². The number of nitrogens with one attached hydrogen (secondary N) is 1. The second kappa shape index (κ2) is 6.44. The van der Waals surface area contributed by atoms with Gasteiger partial charge in [0.15, 0.2) is 0 Å². The van der Waals surface area contributed by atoms with Crippen molar-refractivity contribution in [3.05, 3.63) is 42.2 Å². The molecule has 0 bridgehead atoms. The molecule has 24 heavy (non-hydrogen) atoms. The van der Waals surface area contributed by atoms with E-state index in [-0.39, 0.29) is 11.7 Å². The Morgan fingerprint density at radius 3 is 2.75 bits per heavy atom.